The molecule has 16 heteroatoms. The molecule has 2 heterocycles. The number of halogens is 5. The first-order valence-electron chi connectivity index (χ1n) is 11.3. The van der Waals surface area contributed by atoms with Gasteiger partial charge in [0, 0.05) is 19.1 Å². The Morgan fingerprint density at radius 2 is 1.85 bits per heavy atom. The Balaban J connectivity index is 1.79. The fraction of sp³-hybridized carbons (Fsp3) is 0.391. The maximum Gasteiger partial charge on any atom is 0.208 e. The van der Waals surface area contributed by atoms with Crippen LogP contribution in [0.25, 0.3) is 11.3 Å². The van der Waals surface area contributed by atoms with Gasteiger partial charge in [-0.3, -0.25) is 0 Å². The van der Waals surface area contributed by atoms with Crippen molar-refractivity contribution in [2.24, 2.45) is 0 Å². The van der Waals surface area contributed by atoms with Gasteiger partial charge in [0.2, 0.25) is 9.84 Å². The Morgan fingerprint density at radius 1 is 1.15 bits per heavy atom. The van der Waals surface area contributed by atoms with Gasteiger partial charge in [-0.05, 0) is 30.3 Å². The van der Waals surface area contributed by atoms with Crippen molar-refractivity contribution in [3.8, 4) is 11.3 Å². The van der Waals surface area contributed by atoms with Crippen molar-refractivity contribution in [3.63, 3.8) is 0 Å². The van der Waals surface area contributed by atoms with E-state index in [1.54, 1.807) is 0 Å². The number of nitrogens with zero attached hydrogens (tertiary/aromatic N) is 3. The number of ether oxygens (including phenoxy) is 3. The van der Waals surface area contributed by atoms with Crippen LogP contribution >= 0.6 is 23.2 Å². The largest absolute Gasteiger partial charge is 0.391 e. The van der Waals surface area contributed by atoms with Crippen LogP contribution in [0.1, 0.15) is 12.5 Å². The first-order valence-corrected chi connectivity index (χ1v) is 13.6. The molecule has 10 nitrogen and oxygen atoms in total. The summed E-state index contributed by atoms with van der Waals surface area (Å²) in [7, 11) is -3.08. The maximum atomic E-state index is 13.8. The molecule has 0 spiro atoms. The molecule has 4 atom stereocenters. The van der Waals surface area contributed by atoms with E-state index < -0.39 is 63.7 Å². The van der Waals surface area contributed by atoms with Crippen LogP contribution in [0, 0.1) is 17.5 Å². The average Bonchev–Trinajstić information content (AvgIpc) is 3.39. The Hall–Kier alpha value is -2.30. The van der Waals surface area contributed by atoms with Crippen molar-refractivity contribution < 1.29 is 46.0 Å². The van der Waals surface area contributed by atoms with E-state index in [1.165, 1.54) is 25.4 Å². The van der Waals surface area contributed by atoms with Crippen LogP contribution < -0.4 is 0 Å². The molecule has 1 saturated heterocycles. The number of aromatic nitrogens is 3. The van der Waals surface area contributed by atoms with Crippen molar-refractivity contribution in [1.82, 2.24) is 15.0 Å². The minimum atomic E-state index is -4.48. The highest BCUT2D eigenvalue weighted by Gasteiger charge is 2.53. The Labute approximate surface area is 230 Å². The molecule has 0 amide bonds. The predicted octanol–water partition coefficient (Wildman–Crippen LogP) is 3.14. The number of aliphatic hydroxyl groups excluding tert-OH is 1. The lowest BCUT2D eigenvalue weighted by Crippen LogP contribution is -2.57. The second-order valence-electron chi connectivity index (χ2n) is 8.65. The van der Waals surface area contributed by atoms with Gasteiger partial charge < -0.3 is 24.4 Å². The molecule has 1 aromatic heterocycles. The van der Waals surface area contributed by atoms with Crippen molar-refractivity contribution in [2.45, 2.75) is 34.7 Å². The van der Waals surface area contributed by atoms with E-state index in [1.807, 2.05) is 0 Å². The summed E-state index contributed by atoms with van der Waals surface area (Å²) in [5, 5.41) is 28.7. The number of methoxy groups -OCH3 is 1. The SMILES string of the molecule is COCCO[C@@H]1[C@@H](n2cc(-c3cc(F)c(F)c(F)c3)nn2)C[C@](O)(CO)O[C@@H]1S(=O)(=O)c1ccc(Cl)c(Cl)c1. The molecule has 39 heavy (non-hydrogen) atoms. The van der Waals surface area contributed by atoms with E-state index in [-0.39, 0.29) is 39.4 Å². The van der Waals surface area contributed by atoms with Gasteiger partial charge in [-0.15, -0.1) is 5.10 Å². The summed E-state index contributed by atoms with van der Waals surface area (Å²) in [6.45, 7) is -1.05. The summed E-state index contributed by atoms with van der Waals surface area (Å²) in [5.74, 6) is -6.94. The van der Waals surface area contributed by atoms with E-state index in [9.17, 15) is 31.8 Å². The third-order valence-electron chi connectivity index (χ3n) is 6.01. The monoisotopic (exact) mass is 611 g/mol. The molecule has 4 rings (SSSR count). The van der Waals surface area contributed by atoms with Crippen LogP contribution in [0.4, 0.5) is 13.2 Å². The van der Waals surface area contributed by atoms with Crippen molar-refractivity contribution in [3.05, 3.63) is 64.0 Å². The van der Waals surface area contributed by atoms with Crippen LogP contribution in [0.2, 0.25) is 10.0 Å². The van der Waals surface area contributed by atoms with Crippen LogP contribution in [0.3, 0.4) is 0 Å². The summed E-state index contributed by atoms with van der Waals surface area (Å²) >= 11 is 12.0. The minimum Gasteiger partial charge on any atom is -0.391 e. The molecular formula is C23H22Cl2F3N3O7S. The molecule has 2 aromatic carbocycles. The molecule has 1 aliphatic rings. The smallest absolute Gasteiger partial charge is 0.208 e. The van der Waals surface area contributed by atoms with Gasteiger partial charge in [-0.25, -0.2) is 26.3 Å². The van der Waals surface area contributed by atoms with Gasteiger partial charge in [0.1, 0.15) is 11.8 Å². The maximum absolute atomic E-state index is 13.8. The lowest BCUT2D eigenvalue weighted by Gasteiger charge is -2.44. The van der Waals surface area contributed by atoms with Crippen molar-refractivity contribution in [1.29, 1.82) is 0 Å². The standard InChI is InChI=1S/C23H22Cl2F3N3O7S/c1-36-4-5-37-21-19(31-10-18(29-30-31)12-6-16(26)20(28)17(27)7-12)9-23(33,11-32)38-22(21)39(34,35)13-2-3-14(24)15(25)8-13/h2-3,6-8,10,19,21-22,32-33H,4-5,9,11H2,1H3/t19-,21+,22+,23+/m0/s1. The normalized spacial score (nSPS) is 23.7. The summed E-state index contributed by atoms with van der Waals surface area (Å²) in [5.41, 5.74) is -2.15. The van der Waals surface area contributed by atoms with Crippen molar-refractivity contribution in [2.75, 3.05) is 26.9 Å². The zero-order valence-electron chi connectivity index (χ0n) is 20.1. The minimum absolute atomic E-state index is 0.0564. The number of rotatable bonds is 9. The molecular weight excluding hydrogens is 590 g/mol. The van der Waals surface area contributed by atoms with E-state index >= 15 is 0 Å². The lowest BCUT2D eigenvalue weighted by atomic mass is 9.98. The Bertz CT molecular complexity index is 1440. The fourth-order valence-electron chi connectivity index (χ4n) is 4.06. The molecule has 212 valence electrons. The quantitative estimate of drug-likeness (QED) is 0.276. The van der Waals surface area contributed by atoms with Gasteiger partial charge in [-0.1, -0.05) is 28.4 Å². The molecule has 0 saturated carbocycles. The number of sulfone groups is 1. The molecule has 0 radical (unpaired) electrons. The van der Waals surface area contributed by atoms with Gasteiger partial charge in [0.25, 0.3) is 0 Å². The van der Waals surface area contributed by atoms with E-state index in [0.29, 0.717) is 12.1 Å². The molecule has 1 fully saturated rings. The second kappa shape index (κ2) is 11.7. The van der Waals surface area contributed by atoms with Crippen LogP contribution in [-0.2, 0) is 24.0 Å². The van der Waals surface area contributed by atoms with E-state index in [2.05, 4.69) is 10.3 Å². The van der Waals surface area contributed by atoms with Crippen LogP contribution in [0.5, 0.6) is 0 Å². The summed E-state index contributed by atoms with van der Waals surface area (Å²) < 4.78 is 85.9. The highest BCUT2D eigenvalue weighted by Crippen LogP contribution is 2.41. The number of benzene rings is 2. The van der Waals surface area contributed by atoms with Gasteiger partial charge >= 0.3 is 0 Å². The second-order valence-corrected chi connectivity index (χ2v) is 11.5. The fourth-order valence-corrected chi connectivity index (χ4v) is 6.15. The van der Waals surface area contributed by atoms with Gasteiger partial charge in [0.05, 0.1) is 47.0 Å². The zero-order valence-corrected chi connectivity index (χ0v) is 22.4. The summed E-state index contributed by atoms with van der Waals surface area (Å²) in [6.07, 6.45) is -0.596. The third kappa shape index (κ3) is 6.07. The molecule has 2 N–H and O–H groups in total. The number of aliphatic hydroxyl groups is 2. The van der Waals surface area contributed by atoms with Gasteiger partial charge in [-0.2, -0.15) is 0 Å². The average molecular weight is 612 g/mol. The molecule has 0 unspecified atom stereocenters. The zero-order chi connectivity index (χ0) is 28.5. The van der Waals surface area contributed by atoms with E-state index in [4.69, 9.17) is 37.4 Å². The molecule has 0 bridgehead atoms. The Kier molecular flexibility index (Phi) is 8.88. The highest BCUT2D eigenvalue weighted by molar-refractivity contribution is 7.92. The van der Waals surface area contributed by atoms with E-state index in [0.717, 1.165) is 10.7 Å². The first-order chi connectivity index (χ1) is 18.4. The summed E-state index contributed by atoms with van der Waals surface area (Å²) in [4.78, 5) is -0.306. The number of hydrogen-bond acceptors (Lipinski definition) is 9. The first kappa shape index (κ1) is 29.7. The molecule has 0 aliphatic carbocycles. The number of hydrogen-bond donors (Lipinski definition) is 2. The molecule has 3 aromatic rings. The van der Waals surface area contributed by atoms with Crippen molar-refractivity contribution >= 4 is 33.0 Å². The van der Waals surface area contributed by atoms with Crippen LogP contribution in [0.15, 0.2) is 41.4 Å². The van der Waals surface area contributed by atoms with Gasteiger partial charge in [0.15, 0.2) is 28.7 Å². The highest BCUT2D eigenvalue weighted by atomic mass is 35.5. The Morgan fingerprint density at radius 3 is 2.46 bits per heavy atom. The molecule has 1 aliphatic heterocycles. The summed E-state index contributed by atoms with van der Waals surface area (Å²) in [6, 6.07) is 3.83. The lowest BCUT2D eigenvalue weighted by molar-refractivity contribution is -0.288. The van der Waals surface area contributed by atoms with Crippen LogP contribution in [-0.4, -0.2) is 77.9 Å². The third-order valence-corrected chi connectivity index (χ3v) is 8.64. The predicted molar refractivity (Wildman–Crippen MR) is 131 cm³/mol. The topological polar surface area (TPSA) is 133 Å².